The van der Waals surface area contributed by atoms with Crippen LogP contribution in [-0.2, 0) is 0 Å². The zero-order valence-corrected chi connectivity index (χ0v) is 17.0. The van der Waals surface area contributed by atoms with Crippen LogP contribution in [0.2, 0.25) is 20.1 Å². The molecule has 0 fully saturated rings. The van der Waals surface area contributed by atoms with Gasteiger partial charge in [-0.2, -0.15) is 0 Å². The number of ether oxygens (including phenoxy) is 1. The van der Waals surface area contributed by atoms with Gasteiger partial charge in [0, 0.05) is 10.6 Å². The molecule has 1 aromatic heterocycles. The Morgan fingerprint density at radius 1 is 1.11 bits per heavy atom. The SMILES string of the molecule is CCOc1nn(-c2c(Cl)cc(Cl)cc2Cl)c(N)c1C(=O)c1ccccc1Cl. The Morgan fingerprint density at radius 2 is 1.74 bits per heavy atom. The zero-order valence-electron chi connectivity index (χ0n) is 14.0. The number of nitrogens with zero attached hydrogens (tertiary/aromatic N) is 2. The summed E-state index contributed by atoms with van der Waals surface area (Å²) < 4.78 is 6.78. The second kappa shape index (κ2) is 7.98. The van der Waals surface area contributed by atoms with Crippen molar-refractivity contribution in [3.8, 4) is 11.6 Å². The number of hydrogen-bond acceptors (Lipinski definition) is 4. The summed E-state index contributed by atoms with van der Waals surface area (Å²) in [7, 11) is 0. The molecule has 0 atom stereocenters. The van der Waals surface area contributed by atoms with Crippen LogP contribution in [-0.4, -0.2) is 22.2 Å². The Labute approximate surface area is 175 Å². The third kappa shape index (κ3) is 3.73. The molecule has 0 spiro atoms. The highest BCUT2D eigenvalue weighted by Gasteiger charge is 2.28. The zero-order chi connectivity index (χ0) is 19.7. The summed E-state index contributed by atoms with van der Waals surface area (Å²) in [5, 5.41) is 5.39. The third-order valence-corrected chi connectivity index (χ3v) is 4.83. The van der Waals surface area contributed by atoms with E-state index in [1.165, 1.54) is 16.8 Å². The number of aromatic nitrogens is 2. The predicted octanol–water partition coefficient (Wildman–Crippen LogP) is 5.70. The van der Waals surface area contributed by atoms with Gasteiger partial charge in [-0.1, -0.05) is 58.5 Å². The minimum Gasteiger partial charge on any atom is -0.476 e. The van der Waals surface area contributed by atoms with Crippen molar-refractivity contribution in [2.75, 3.05) is 12.3 Å². The molecular weight excluding hydrogens is 432 g/mol. The molecule has 140 valence electrons. The number of nitrogens with two attached hydrogens (primary N) is 1. The molecule has 3 rings (SSSR count). The van der Waals surface area contributed by atoms with Crippen LogP contribution in [0.3, 0.4) is 0 Å². The van der Waals surface area contributed by atoms with Crippen LogP contribution in [0.15, 0.2) is 36.4 Å². The summed E-state index contributed by atoms with van der Waals surface area (Å²) in [6.07, 6.45) is 0. The summed E-state index contributed by atoms with van der Waals surface area (Å²) in [5.74, 6) is -0.342. The van der Waals surface area contributed by atoms with Crippen LogP contribution < -0.4 is 10.5 Å². The largest absolute Gasteiger partial charge is 0.476 e. The molecule has 9 heteroatoms. The van der Waals surface area contributed by atoms with Gasteiger partial charge in [0.2, 0.25) is 11.7 Å². The average molecular weight is 445 g/mol. The van der Waals surface area contributed by atoms with Crippen LogP contribution in [0.25, 0.3) is 5.69 Å². The monoisotopic (exact) mass is 443 g/mol. The maximum absolute atomic E-state index is 13.1. The molecule has 27 heavy (non-hydrogen) atoms. The molecule has 0 bridgehead atoms. The Hall–Kier alpha value is -1.92. The van der Waals surface area contributed by atoms with Crippen molar-refractivity contribution in [2.24, 2.45) is 0 Å². The number of halogens is 4. The maximum Gasteiger partial charge on any atom is 0.246 e. The average Bonchev–Trinajstić information content (AvgIpc) is 2.90. The van der Waals surface area contributed by atoms with Crippen molar-refractivity contribution in [1.82, 2.24) is 9.78 Å². The fourth-order valence-electron chi connectivity index (χ4n) is 2.55. The minimum absolute atomic E-state index is 0.0227. The Balaban J connectivity index is 2.22. The van der Waals surface area contributed by atoms with E-state index in [9.17, 15) is 4.79 Å². The maximum atomic E-state index is 13.1. The van der Waals surface area contributed by atoms with Crippen LogP contribution in [0, 0.1) is 0 Å². The van der Waals surface area contributed by atoms with E-state index in [1.807, 2.05) is 0 Å². The molecule has 0 radical (unpaired) electrons. The first-order valence-corrected chi connectivity index (χ1v) is 9.31. The van der Waals surface area contributed by atoms with Gasteiger partial charge in [0.25, 0.3) is 0 Å². The molecule has 2 aromatic carbocycles. The summed E-state index contributed by atoms with van der Waals surface area (Å²) in [5.41, 5.74) is 6.88. The van der Waals surface area contributed by atoms with Gasteiger partial charge in [-0.25, -0.2) is 4.68 Å². The molecule has 3 aromatic rings. The van der Waals surface area contributed by atoms with Gasteiger partial charge in [0.15, 0.2) is 0 Å². The van der Waals surface area contributed by atoms with E-state index in [-0.39, 0.29) is 39.5 Å². The van der Waals surface area contributed by atoms with E-state index in [1.54, 1.807) is 31.2 Å². The van der Waals surface area contributed by atoms with E-state index >= 15 is 0 Å². The number of benzene rings is 2. The van der Waals surface area contributed by atoms with E-state index in [2.05, 4.69) is 5.10 Å². The van der Waals surface area contributed by atoms with Gasteiger partial charge in [0.1, 0.15) is 17.1 Å². The van der Waals surface area contributed by atoms with Crippen LogP contribution in [0.5, 0.6) is 5.88 Å². The van der Waals surface area contributed by atoms with Crippen molar-refractivity contribution >= 4 is 58.0 Å². The van der Waals surface area contributed by atoms with Gasteiger partial charge in [-0.15, -0.1) is 5.10 Å². The van der Waals surface area contributed by atoms with Gasteiger partial charge in [-0.3, -0.25) is 4.79 Å². The lowest BCUT2D eigenvalue weighted by atomic mass is 10.1. The molecule has 0 saturated carbocycles. The molecule has 0 amide bonds. The minimum atomic E-state index is -0.422. The summed E-state index contributed by atoms with van der Waals surface area (Å²) >= 11 is 24.7. The molecule has 0 aliphatic rings. The molecule has 0 aliphatic carbocycles. The molecule has 2 N–H and O–H groups in total. The molecule has 0 aliphatic heterocycles. The number of carbonyl (C=O) groups excluding carboxylic acids is 1. The topological polar surface area (TPSA) is 70.1 Å². The number of ketones is 1. The highest BCUT2D eigenvalue weighted by Crippen LogP contribution is 2.37. The first-order chi connectivity index (χ1) is 12.8. The van der Waals surface area contributed by atoms with Crippen molar-refractivity contribution in [3.63, 3.8) is 0 Å². The van der Waals surface area contributed by atoms with E-state index in [0.29, 0.717) is 15.7 Å². The predicted molar refractivity (Wildman–Crippen MR) is 109 cm³/mol. The molecule has 5 nitrogen and oxygen atoms in total. The fourth-order valence-corrected chi connectivity index (χ4v) is 3.75. The number of rotatable bonds is 5. The van der Waals surface area contributed by atoms with E-state index in [0.717, 1.165) is 0 Å². The quantitative estimate of drug-likeness (QED) is 0.512. The Morgan fingerprint density at radius 3 is 2.33 bits per heavy atom. The standard InChI is InChI=1S/C18H13Cl4N3O2/c1-2-27-18-14(16(26)10-5-3-4-6-11(10)20)17(23)25(24-18)15-12(21)7-9(19)8-13(15)22/h3-8H,2,23H2,1H3. The lowest BCUT2D eigenvalue weighted by Gasteiger charge is -2.09. The van der Waals surface area contributed by atoms with Gasteiger partial charge in [0.05, 0.1) is 21.7 Å². The molecular formula is C18H13Cl4N3O2. The summed E-state index contributed by atoms with van der Waals surface area (Å²) in [6, 6.07) is 9.64. The van der Waals surface area contributed by atoms with Gasteiger partial charge < -0.3 is 10.5 Å². The van der Waals surface area contributed by atoms with Crippen molar-refractivity contribution < 1.29 is 9.53 Å². The summed E-state index contributed by atoms with van der Waals surface area (Å²) in [6.45, 7) is 2.04. The lowest BCUT2D eigenvalue weighted by molar-refractivity contribution is 0.103. The second-order valence-corrected chi connectivity index (χ2v) is 7.10. The van der Waals surface area contributed by atoms with Crippen LogP contribution in [0.4, 0.5) is 5.82 Å². The first-order valence-electron chi connectivity index (χ1n) is 7.80. The summed E-state index contributed by atoms with van der Waals surface area (Å²) in [4.78, 5) is 13.1. The highest BCUT2D eigenvalue weighted by molar-refractivity contribution is 6.40. The molecule has 0 unspecified atom stereocenters. The molecule has 1 heterocycles. The number of hydrogen-bond donors (Lipinski definition) is 1. The molecule has 0 saturated heterocycles. The highest BCUT2D eigenvalue weighted by atomic mass is 35.5. The number of nitrogen functional groups attached to an aromatic ring is 1. The van der Waals surface area contributed by atoms with E-state index < -0.39 is 5.78 Å². The van der Waals surface area contributed by atoms with Crippen LogP contribution >= 0.6 is 46.4 Å². The normalized spacial score (nSPS) is 10.9. The number of anilines is 1. The van der Waals surface area contributed by atoms with Crippen molar-refractivity contribution in [1.29, 1.82) is 0 Å². The van der Waals surface area contributed by atoms with Crippen molar-refractivity contribution in [2.45, 2.75) is 6.92 Å². The third-order valence-electron chi connectivity index (χ3n) is 3.71. The Bertz CT molecular complexity index is 1010. The number of carbonyl (C=O) groups is 1. The fraction of sp³-hybridized carbons (Fsp3) is 0.111. The van der Waals surface area contributed by atoms with Crippen molar-refractivity contribution in [3.05, 3.63) is 67.6 Å². The van der Waals surface area contributed by atoms with Crippen LogP contribution in [0.1, 0.15) is 22.8 Å². The van der Waals surface area contributed by atoms with E-state index in [4.69, 9.17) is 56.9 Å². The lowest BCUT2D eigenvalue weighted by Crippen LogP contribution is -2.09. The van der Waals surface area contributed by atoms with Gasteiger partial charge in [-0.05, 0) is 31.2 Å². The Kier molecular flexibility index (Phi) is 5.86. The van der Waals surface area contributed by atoms with Gasteiger partial charge >= 0.3 is 0 Å². The second-order valence-electron chi connectivity index (χ2n) is 5.44. The first kappa shape index (κ1) is 19.8. The smallest absolute Gasteiger partial charge is 0.246 e.